The number of carbonyl (C=O) groups is 5. The Labute approximate surface area is 177 Å². The second kappa shape index (κ2) is 10.9. The molecule has 172 valence electrons. The third-order valence-electron chi connectivity index (χ3n) is 3.24. The molecule has 0 radical (unpaired) electrons. The van der Waals surface area contributed by atoms with E-state index in [9.17, 15) is 24.0 Å². The number of amides is 3. The largest absolute Gasteiger partial charge is 0.464 e. The van der Waals surface area contributed by atoms with Crippen molar-refractivity contribution in [3.8, 4) is 0 Å². The Kier molecular flexibility index (Phi) is 9.97. The molecule has 0 saturated carbocycles. The Morgan fingerprint density at radius 3 is 1.63 bits per heavy atom. The van der Waals surface area contributed by atoms with Gasteiger partial charge < -0.3 is 19.9 Å². The Bertz CT molecular complexity index is 631. The van der Waals surface area contributed by atoms with Gasteiger partial charge in [-0.3, -0.25) is 9.59 Å². The number of ether oxygens (including phenoxy) is 3. The van der Waals surface area contributed by atoms with Gasteiger partial charge in [-0.1, -0.05) is 13.8 Å². The quantitative estimate of drug-likeness (QED) is 0.352. The van der Waals surface area contributed by atoms with Gasteiger partial charge in [-0.15, -0.1) is 0 Å². The summed E-state index contributed by atoms with van der Waals surface area (Å²) in [5, 5.41) is 0. The van der Waals surface area contributed by atoms with Crippen molar-refractivity contribution in [2.75, 3.05) is 6.61 Å². The Morgan fingerprint density at radius 2 is 1.30 bits per heavy atom. The standard InChI is InChI=1S/C20H34N2O8/c1-12(2)11-28-16(25)13(9-10-14(23)15(21)24)22(17(26)29-19(3,4)5)18(27)30-20(6,7)8/h12-13H,9-11H2,1-8H3,(H2,21,24)/t13-/m0/s1. The van der Waals surface area contributed by atoms with Gasteiger partial charge in [0.2, 0.25) is 5.78 Å². The number of Topliss-reactive ketones (excluding diaryl/α,β-unsaturated/α-hetero) is 1. The first-order valence-electron chi connectivity index (χ1n) is 9.69. The molecule has 0 rings (SSSR count). The molecule has 1 atom stereocenters. The van der Waals surface area contributed by atoms with E-state index in [-0.39, 0.29) is 18.9 Å². The maximum Gasteiger partial charge on any atom is 0.420 e. The van der Waals surface area contributed by atoms with Crippen molar-refractivity contribution >= 4 is 29.8 Å². The molecule has 0 aliphatic heterocycles. The normalized spacial score (nSPS) is 12.7. The highest BCUT2D eigenvalue weighted by Gasteiger charge is 2.41. The number of ketones is 1. The Morgan fingerprint density at radius 1 is 0.867 bits per heavy atom. The Balaban J connectivity index is 6.01. The average Bonchev–Trinajstić information content (AvgIpc) is 2.52. The highest BCUT2D eigenvalue weighted by molar-refractivity contribution is 6.35. The topological polar surface area (TPSA) is 142 Å². The first-order chi connectivity index (χ1) is 13.4. The summed E-state index contributed by atoms with van der Waals surface area (Å²) in [6.45, 7) is 13.1. The van der Waals surface area contributed by atoms with Gasteiger partial charge in [0, 0.05) is 6.42 Å². The van der Waals surface area contributed by atoms with Crippen LogP contribution in [-0.4, -0.2) is 58.6 Å². The summed E-state index contributed by atoms with van der Waals surface area (Å²) < 4.78 is 15.7. The molecule has 10 heteroatoms. The number of hydrogen-bond acceptors (Lipinski definition) is 8. The highest BCUT2D eigenvalue weighted by Crippen LogP contribution is 2.20. The second-order valence-corrected chi connectivity index (χ2v) is 9.20. The summed E-state index contributed by atoms with van der Waals surface area (Å²) >= 11 is 0. The predicted octanol–water partition coefficient (Wildman–Crippen LogP) is 2.56. The summed E-state index contributed by atoms with van der Waals surface area (Å²) in [6.07, 6.45) is -3.14. The van der Waals surface area contributed by atoms with E-state index in [4.69, 9.17) is 19.9 Å². The molecule has 0 aliphatic rings. The minimum Gasteiger partial charge on any atom is -0.464 e. The van der Waals surface area contributed by atoms with Crippen LogP contribution in [0, 0.1) is 5.92 Å². The summed E-state index contributed by atoms with van der Waals surface area (Å²) in [4.78, 5) is 61.5. The van der Waals surface area contributed by atoms with E-state index >= 15 is 0 Å². The molecule has 0 heterocycles. The third kappa shape index (κ3) is 10.8. The molecule has 0 bridgehead atoms. The monoisotopic (exact) mass is 430 g/mol. The molecule has 30 heavy (non-hydrogen) atoms. The molecule has 0 aromatic rings. The first kappa shape index (κ1) is 27.4. The molecule has 2 N–H and O–H groups in total. The van der Waals surface area contributed by atoms with Crippen LogP contribution >= 0.6 is 0 Å². The van der Waals surface area contributed by atoms with Crippen molar-refractivity contribution in [1.29, 1.82) is 0 Å². The number of rotatable bonds is 8. The van der Waals surface area contributed by atoms with Crippen LogP contribution in [-0.2, 0) is 28.6 Å². The maximum atomic E-state index is 12.8. The van der Waals surface area contributed by atoms with E-state index in [1.54, 1.807) is 55.4 Å². The van der Waals surface area contributed by atoms with E-state index < -0.39 is 53.5 Å². The minimum absolute atomic E-state index is 0.0154. The van der Waals surface area contributed by atoms with Crippen molar-refractivity contribution < 1.29 is 38.2 Å². The van der Waals surface area contributed by atoms with Gasteiger partial charge in [0.1, 0.15) is 17.2 Å². The van der Waals surface area contributed by atoms with Crippen molar-refractivity contribution in [3.05, 3.63) is 0 Å². The van der Waals surface area contributed by atoms with Crippen LogP contribution in [0.5, 0.6) is 0 Å². The van der Waals surface area contributed by atoms with Crippen LogP contribution in [0.15, 0.2) is 0 Å². The highest BCUT2D eigenvalue weighted by atomic mass is 16.6. The number of esters is 1. The summed E-state index contributed by atoms with van der Waals surface area (Å²) in [6, 6.07) is -1.54. The lowest BCUT2D eigenvalue weighted by Gasteiger charge is -2.32. The number of nitrogens with zero attached hydrogens (tertiary/aromatic N) is 1. The maximum absolute atomic E-state index is 12.8. The molecule has 0 aliphatic carbocycles. The number of imide groups is 1. The van der Waals surface area contributed by atoms with E-state index in [1.165, 1.54) is 0 Å². The molecular weight excluding hydrogens is 396 g/mol. The predicted molar refractivity (Wildman–Crippen MR) is 107 cm³/mol. The molecular formula is C20H34N2O8. The Hall–Kier alpha value is -2.65. The van der Waals surface area contributed by atoms with Crippen molar-refractivity contribution in [1.82, 2.24) is 4.90 Å². The fourth-order valence-corrected chi connectivity index (χ4v) is 2.04. The van der Waals surface area contributed by atoms with Crippen LogP contribution < -0.4 is 5.73 Å². The van der Waals surface area contributed by atoms with Gasteiger partial charge in [0.15, 0.2) is 0 Å². The van der Waals surface area contributed by atoms with Gasteiger partial charge in [0.25, 0.3) is 5.91 Å². The zero-order valence-electron chi connectivity index (χ0n) is 19.1. The fourth-order valence-electron chi connectivity index (χ4n) is 2.04. The second-order valence-electron chi connectivity index (χ2n) is 9.20. The van der Waals surface area contributed by atoms with Crippen molar-refractivity contribution in [2.24, 2.45) is 11.7 Å². The van der Waals surface area contributed by atoms with E-state index in [1.807, 2.05) is 0 Å². The zero-order chi connectivity index (χ0) is 23.9. The van der Waals surface area contributed by atoms with E-state index in [0.29, 0.717) is 4.90 Å². The SMILES string of the molecule is CC(C)COC(=O)[C@H](CCC(=O)C(N)=O)N(C(=O)OC(C)(C)C)C(=O)OC(C)(C)C. The van der Waals surface area contributed by atoms with Gasteiger partial charge in [0.05, 0.1) is 6.61 Å². The van der Waals surface area contributed by atoms with Crippen molar-refractivity contribution in [3.63, 3.8) is 0 Å². The number of carbonyl (C=O) groups excluding carboxylic acids is 5. The third-order valence-corrected chi connectivity index (χ3v) is 3.24. The van der Waals surface area contributed by atoms with Gasteiger partial charge in [-0.05, 0) is 53.9 Å². The zero-order valence-corrected chi connectivity index (χ0v) is 19.1. The lowest BCUT2D eigenvalue weighted by Crippen LogP contribution is -2.52. The van der Waals surface area contributed by atoms with Gasteiger partial charge in [-0.25, -0.2) is 14.4 Å². The molecule has 10 nitrogen and oxygen atoms in total. The molecule has 0 spiro atoms. The summed E-state index contributed by atoms with van der Waals surface area (Å²) in [5.41, 5.74) is 3.00. The molecule has 0 saturated heterocycles. The van der Waals surface area contributed by atoms with Crippen LogP contribution in [0.25, 0.3) is 0 Å². The van der Waals surface area contributed by atoms with Crippen LogP contribution in [0.2, 0.25) is 0 Å². The number of primary amides is 1. The summed E-state index contributed by atoms with van der Waals surface area (Å²) in [5.74, 6) is -3.09. The van der Waals surface area contributed by atoms with E-state index in [0.717, 1.165) is 0 Å². The smallest absolute Gasteiger partial charge is 0.420 e. The first-order valence-corrected chi connectivity index (χ1v) is 9.69. The fraction of sp³-hybridized carbons (Fsp3) is 0.750. The van der Waals surface area contributed by atoms with Crippen molar-refractivity contribution in [2.45, 2.75) is 85.5 Å². The molecule has 0 fully saturated rings. The number of hydrogen-bond donors (Lipinski definition) is 1. The van der Waals surface area contributed by atoms with Gasteiger partial charge >= 0.3 is 18.2 Å². The van der Waals surface area contributed by atoms with Crippen LogP contribution in [0.4, 0.5) is 9.59 Å². The minimum atomic E-state index is -1.54. The molecule has 0 aromatic heterocycles. The van der Waals surface area contributed by atoms with E-state index in [2.05, 4.69) is 0 Å². The van der Waals surface area contributed by atoms with Gasteiger partial charge in [-0.2, -0.15) is 4.90 Å². The molecule has 0 aromatic carbocycles. The lowest BCUT2D eigenvalue weighted by atomic mass is 10.1. The lowest BCUT2D eigenvalue weighted by molar-refractivity contribution is -0.151. The molecule has 3 amide bonds. The average molecular weight is 430 g/mol. The van der Waals surface area contributed by atoms with Crippen LogP contribution in [0.3, 0.4) is 0 Å². The number of nitrogens with two attached hydrogens (primary N) is 1. The van der Waals surface area contributed by atoms with Crippen LogP contribution in [0.1, 0.15) is 68.2 Å². The molecule has 0 unspecified atom stereocenters. The summed E-state index contributed by atoms with van der Waals surface area (Å²) in [7, 11) is 0.